The highest BCUT2D eigenvalue weighted by atomic mass is 16.4. The zero-order valence-electron chi connectivity index (χ0n) is 10.9. The molecular formula is C12H19N3O3. The first-order valence-electron chi connectivity index (χ1n) is 5.90. The number of aliphatic carboxylic acids is 1. The molecule has 6 nitrogen and oxygen atoms in total. The molecule has 1 rings (SSSR count). The fourth-order valence-corrected chi connectivity index (χ4v) is 1.67. The van der Waals surface area contributed by atoms with Crippen molar-refractivity contribution in [2.24, 2.45) is 13.0 Å². The van der Waals surface area contributed by atoms with E-state index in [0.717, 1.165) is 5.82 Å². The Bertz CT molecular complexity index is 426. The molecule has 100 valence electrons. The normalized spacial score (nSPS) is 12.4. The minimum absolute atomic E-state index is 0.0109. The Kier molecular flexibility index (Phi) is 4.88. The van der Waals surface area contributed by atoms with Crippen molar-refractivity contribution in [1.82, 2.24) is 14.9 Å². The number of nitrogens with zero attached hydrogens (tertiary/aromatic N) is 2. The van der Waals surface area contributed by atoms with Gasteiger partial charge in [0.2, 0.25) is 5.91 Å². The second-order valence-electron chi connectivity index (χ2n) is 4.58. The molecule has 0 saturated heterocycles. The van der Waals surface area contributed by atoms with Gasteiger partial charge in [0.05, 0.1) is 12.5 Å². The topological polar surface area (TPSA) is 84.2 Å². The number of aryl methyl sites for hydroxylation is 1. The van der Waals surface area contributed by atoms with Crippen LogP contribution in [0.25, 0.3) is 0 Å². The predicted molar refractivity (Wildman–Crippen MR) is 65.8 cm³/mol. The number of carboxylic acid groups (broad SMARTS) is 1. The molecule has 2 N–H and O–H groups in total. The molecule has 0 fully saturated rings. The van der Waals surface area contributed by atoms with Crippen LogP contribution in [-0.4, -0.2) is 26.5 Å². The van der Waals surface area contributed by atoms with Gasteiger partial charge in [-0.25, -0.2) is 4.98 Å². The molecule has 1 aromatic heterocycles. The van der Waals surface area contributed by atoms with Gasteiger partial charge in [0.15, 0.2) is 0 Å². The van der Waals surface area contributed by atoms with Gasteiger partial charge in [0, 0.05) is 25.9 Å². The number of carboxylic acids is 1. The summed E-state index contributed by atoms with van der Waals surface area (Å²) in [5, 5.41) is 11.4. The van der Waals surface area contributed by atoms with E-state index < -0.39 is 5.97 Å². The Morgan fingerprint density at radius 1 is 1.44 bits per heavy atom. The molecule has 0 radical (unpaired) electrons. The van der Waals surface area contributed by atoms with Gasteiger partial charge in [-0.1, -0.05) is 13.8 Å². The third-order valence-electron chi connectivity index (χ3n) is 2.69. The maximum atomic E-state index is 11.7. The number of hydrogen-bond acceptors (Lipinski definition) is 3. The standard InChI is InChI=1S/C12H19N3O3/c1-8(2)11(12-13-6-7-15(12)3)14-9(16)4-5-10(17)18/h6-8,11H,4-5H2,1-3H3,(H,14,16)(H,17,18)/t11-/m0/s1. The first-order valence-corrected chi connectivity index (χ1v) is 5.90. The van der Waals surface area contributed by atoms with Gasteiger partial charge >= 0.3 is 5.97 Å². The highest BCUT2D eigenvalue weighted by Crippen LogP contribution is 2.19. The van der Waals surface area contributed by atoms with E-state index in [1.165, 1.54) is 0 Å². The maximum Gasteiger partial charge on any atom is 0.303 e. The summed E-state index contributed by atoms with van der Waals surface area (Å²) >= 11 is 0. The van der Waals surface area contributed by atoms with Crippen LogP contribution in [0.15, 0.2) is 12.4 Å². The minimum Gasteiger partial charge on any atom is -0.481 e. The number of hydrogen-bond donors (Lipinski definition) is 2. The monoisotopic (exact) mass is 253 g/mol. The van der Waals surface area contributed by atoms with Crippen molar-refractivity contribution in [3.05, 3.63) is 18.2 Å². The molecule has 18 heavy (non-hydrogen) atoms. The fraction of sp³-hybridized carbons (Fsp3) is 0.583. The largest absolute Gasteiger partial charge is 0.481 e. The number of carbonyl (C=O) groups excluding carboxylic acids is 1. The van der Waals surface area contributed by atoms with Crippen molar-refractivity contribution in [2.45, 2.75) is 32.7 Å². The zero-order chi connectivity index (χ0) is 13.7. The van der Waals surface area contributed by atoms with Crippen LogP contribution in [0.4, 0.5) is 0 Å². The van der Waals surface area contributed by atoms with Crippen LogP contribution in [0.3, 0.4) is 0 Å². The lowest BCUT2D eigenvalue weighted by molar-refractivity contribution is -0.139. The van der Waals surface area contributed by atoms with Crippen LogP contribution in [0.5, 0.6) is 0 Å². The lowest BCUT2D eigenvalue weighted by Gasteiger charge is -2.21. The van der Waals surface area contributed by atoms with E-state index in [0.29, 0.717) is 0 Å². The van der Waals surface area contributed by atoms with Crippen LogP contribution in [0.2, 0.25) is 0 Å². The van der Waals surface area contributed by atoms with Crippen molar-refractivity contribution in [2.75, 3.05) is 0 Å². The lowest BCUT2D eigenvalue weighted by atomic mass is 10.0. The smallest absolute Gasteiger partial charge is 0.303 e. The molecular weight excluding hydrogens is 234 g/mol. The Morgan fingerprint density at radius 3 is 2.56 bits per heavy atom. The van der Waals surface area contributed by atoms with Crippen LogP contribution >= 0.6 is 0 Å². The Labute approximate surface area is 106 Å². The molecule has 0 aromatic carbocycles. The molecule has 0 saturated carbocycles. The molecule has 6 heteroatoms. The molecule has 1 amide bonds. The lowest BCUT2D eigenvalue weighted by Crippen LogP contribution is -2.33. The molecule has 0 aliphatic rings. The van der Waals surface area contributed by atoms with Crippen LogP contribution in [0.1, 0.15) is 38.6 Å². The summed E-state index contributed by atoms with van der Waals surface area (Å²) in [6.45, 7) is 3.97. The third-order valence-corrected chi connectivity index (χ3v) is 2.69. The molecule has 0 spiro atoms. The molecule has 0 bridgehead atoms. The maximum absolute atomic E-state index is 11.7. The predicted octanol–water partition coefficient (Wildman–Crippen LogP) is 1.10. The van der Waals surface area contributed by atoms with E-state index in [9.17, 15) is 9.59 Å². The van der Waals surface area contributed by atoms with Crippen molar-refractivity contribution in [3.8, 4) is 0 Å². The van der Waals surface area contributed by atoms with Gasteiger partial charge in [-0.05, 0) is 5.92 Å². The molecule has 1 heterocycles. The van der Waals surface area contributed by atoms with Crippen LogP contribution in [0, 0.1) is 5.92 Å². The van der Waals surface area contributed by atoms with Crippen molar-refractivity contribution in [1.29, 1.82) is 0 Å². The summed E-state index contributed by atoms with van der Waals surface area (Å²) in [4.78, 5) is 26.3. The SMILES string of the molecule is CC(C)[C@H](NC(=O)CCC(=O)O)c1nccn1C. The van der Waals surface area contributed by atoms with E-state index in [4.69, 9.17) is 5.11 Å². The third kappa shape index (κ3) is 3.87. The second kappa shape index (κ2) is 6.18. The van der Waals surface area contributed by atoms with Crippen LogP contribution in [-0.2, 0) is 16.6 Å². The van der Waals surface area contributed by atoms with E-state index in [2.05, 4.69) is 10.3 Å². The number of carbonyl (C=O) groups is 2. The Balaban J connectivity index is 2.67. The number of imidazole rings is 1. The average Bonchev–Trinajstić information content (AvgIpc) is 2.69. The van der Waals surface area contributed by atoms with E-state index >= 15 is 0 Å². The highest BCUT2D eigenvalue weighted by Gasteiger charge is 2.21. The van der Waals surface area contributed by atoms with Crippen molar-refractivity contribution < 1.29 is 14.7 Å². The molecule has 1 atom stereocenters. The quantitative estimate of drug-likeness (QED) is 0.795. The van der Waals surface area contributed by atoms with Crippen molar-refractivity contribution in [3.63, 3.8) is 0 Å². The van der Waals surface area contributed by atoms with Crippen LogP contribution < -0.4 is 5.32 Å². The first kappa shape index (κ1) is 14.2. The van der Waals surface area contributed by atoms with Gasteiger partial charge in [0.25, 0.3) is 0 Å². The second-order valence-corrected chi connectivity index (χ2v) is 4.58. The van der Waals surface area contributed by atoms with Gasteiger partial charge in [-0.15, -0.1) is 0 Å². The number of nitrogens with one attached hydrogen (secondary N) is 1. The first-order chi connectivity index (χ1) is 8.41. The molecule has 0 aliphatic carbocycles. The van der Waals surface area contributed by atoms with Gasteiger partial charge in [0.1, 0.15) is 5.82 Å². The number of rotatable bonds is 6. The molecule has 0 unspecified atom stereocenters. The van der Waals surface area contributed by atoms with E-state index in [-0.39, 0.29) is 30.7 Å². The highest BCUT2D eigenvalue weighted by molar-refractivity contribution is 5.80. The number of aromatic nitrogens is 2. The van der Waals surface area contributed by atoms with Gasteiger partial charge in [-0.2, -0.15) is 0 Å². The van der Waals surface area contributed by atoms with E-state index in [1.807, 2.05) is 31.7 Å². The Hall–Kier alpha value is -1.85. The fourth-order valence-electron chi connectivity index (χ4n) is 1.67. The average molecular weight is 253 g/mol. The zero-order valence-corrected chi connectivity index (χ0v) is 10.9. The number of amides is 1. The molecule has 1 aromatic rings. The summed E-state index contributed by atoms with van der Waals surface area (Å²) in [5.74, 6) is -0.282. The summed E-state index contributed by atoms with van der Waals surface area (Å²) in [6.07, 6.45) is 3.32. The summed E-state index contributed by atoms with van der Waals surface area (Å²) < 4.78 is 1.85. The van der Waals surface area contributed by atoms with Gasteiger partial charge in [-0.3, -0.25) is 9.59 Å². The molecule has 0 aliphatic heterocycles. The van der Waals surface area contributed by atoms with Crippen molar-refractivity contribution >= 4 is 11.9 Å². The minimum atomic E-state index is -0.969. The van der Waals surface area contributed by atoms with Gasteiger partial charge < -0.3 is 15.0 Å². The summed E-state index contributed by atoms with van der Waals surface area (Å²) in [5.41, 5.74) is 0. The summed E-state index contributed by atoms with van der Waals surface area (Å²) in [6, 6.07) is -0.203. The Morgan fingerprint density at radius 2 is 2.11 bits per heavy atom. The van der Waals surface area contributed by atoms with E-state index in [1.54, 1.807) is 6.20 Å². The summed E-state index contributed by atoms with van der Waals surface area (Å²) in [7, 11) is 1.86.